The van der Waals surface area contributed by atoms with Gasteiger partial charge in [0.25, 0.3) is 0 Å². The molecule has 1 aromatic carbocycles. The molecule has 0 bridgehead atoms. The van der Waals surface area contributed by atoms with Crippen molar-refractivity contribution in [1.29, 1.82) is 0 Å². The second-order valence-electron chi connectivity index (χ2n) is 15.5. The average Bonchev–Trinajstić information content (AvgIpc) is 3.26. The molecule has 1 heterocycles. The minimum absolute atomic E-state index is 0.0474. The van der Waals surface area contributed by atoms with Gasteiger partial charge in [0.05, 0.1) is 25.9 Å². The molecule has 0 saturated carbocycles. The fraction of sp³-hybridized carbons (Fsp3) is 0.694. The summed E-state index contributed by atoms with van der Waals surface area (Å²) in [5, 5.41) is 11.3. The maximum absolute atomic E-state index is 13.4. The van der Waals surface area contributed by atoms with Crippen molar-refractivity contribution in [2.75, 3.05) is 27.6 Å². The standard InChI is InChI=1S/C36H60O9Si2/c1-25(26(2)45-47(13,14)35(3,4)5)18-19-29(37)33-30(43-36(6,7)44-33)17-15-16-27-22-28(40-9)23-31(42-24-39-8)32(27)34(38)41-20-21-46(10,11)12/h15-16,22-23,25-26,29-30,33,37H,17,20-21,24H2,1-14H3/b16-15+/t25-,26?,29?,30-,33+/m0/s1. The maximum atomic E-state index is 13.4. The van der Waals surface area contributed by atoms with Crippen LogP contribution in [0.15, 0.2) is 18.2 Å². The van der Waals surface area contributed by atoms with Crippen LogP contribution in [0.5, 0.6) is 11.5 Å². The van der Waals surface area contributed by atoms with Gasteiger partial charge in [-0.25, -0.2) is 4.79 Å². The smallest absolute Gasteiger partial charge is 0.342 e. The van der Waals surface area contributed by atoms with E-state index in [4.69, 9.17) is 32.8 Å². The normalized spacial score (nSPS) is 20.3. The number of benzene rings is 1. The Morgan fingerprint density at radius 1 is 1.09 bits per heavy atom. The first-order valence-electron chi connectivity index (χ1n) is 16.5. The van der Waals surface area contributed by atoms with Gasteiger partial charge in [-0.3, -0.25) is 0 Å². The molecule has 2 unspecified atom stereocenters. The Morgan fingerprint density at radius 3 is 2.32 bits per heavy atom. The summed E-state index contributed by atoms with van der Waals surface area (Å²) in [6, 6.07) is 4.25. The number of aliphatic hydroxyl groups excluding tert-OH is 1. The molecule has 1 aliphatic rings. The monoisotopic (exact) mass is 692 g/mol. The highest BCUT2D eigenvalue weighted by molar-refractivity contribution is 6.76. The Kier molecular flexibility index (Phi) is 14.8. The van der Waals surface area contributed by atoms with Crippen molar-refractivity contribution in [1.82, 2.24) is 0 Å². The van der Waals surface area contributed by atoms with Gasteiger partial charge in [-0.05, 0) is 69.9 Å². The molecule has 1 aliphatic heterocycles. The van der Waals surface area contributed by atoms with Crippen LogP contribution in [0.1, 0.15) is 70.8 Å². The minimum atomic E-state index is -1.96. The molecule has 0 amide bonds. The number of esters is 1. The van der Waals surface area contributed by atoms with Gasteiger partial charge in [0.2, 0.25) is 0 Å². The molecular formula is C36H60O9Si2. The second-order valence-corrected chi connectivity index (χ2v) is 25.8. The first-order valence-corrected chi connectivity index (χ1v) is 23.1. The lowest BCUT2D eigenvalue weighted by Crippen LogP contribution is -2.44. The van der Waals surface area contributed by atoms with Gasteiger partial charge >= 0.3 is 5.97 Å². The minimum Gasteiger partial charge on any atom is -0.497 e. The van der Waals surface area contributed by atoms with Crippen molar-refractivity contribution in [3.05, 3.63) is 29.3 Å². The molecule has 1 saturated heterocycles. The third-order valence-corrected chi connectivity index (χ3v) is 14.9. The van der Waals surface area contributed by atoms with Crippen molar-refractivity contribution in [2.24, 2.45) is 5.92 Å². The molecule has 1 N–H and O–H groups in total. The van der Waals surface area contributed by atoms with Crippen LogP contribution in [0.3, 0.4) is 0 Å². The highest BCUT2D eigenvalue weighted by atomic mass is 28.4. The fourth-order valence-electron chi connectivity index (χ4n) is 4.64. The van der Waals surface area contributed by atoms with Gasteiger partial charge in [-0.1, -0.05) is 64.4 Å². The summed E-state index contributed by atoms with van der Waals surface area (Å²) in [5.74, 6) is 5.55. The number of hydrogen-bond acceptors (Lipinski definition) is 9. The van der Waals surface area contributed by atoms with Gasteiger partial charge in [0.15, 0.2) is 20.9 Å². The van der Waals surface area contributed by atoms with E-state index < -0.39 is 46.5 Å². The number of aliphatic hydroxyl groups is 1. The predicted molar refractivity (Wildman–Crippen MR) is 192 cm³/mol. The molecular weight excluding hydrogens is 633 g/mol. The third kappa shape index (κ3) is 12.7. The molecule has 266 valence electrons. The van der Waals surface area contributed by atoms with Crippen molar-refractivity contribution in [3.63, 3.8) is 0 Å². The van der Waals surface area contributed by atoms with Gasteiger partial charge < -0.3 is 38.0 Å². The van der Waals surface area contributed by atoms with Crippen molar-refractivity contribution in [3.8, 4) is 23.3 Å². The third-order valence-electron chi connectivity index (χ3n) is 8.61. The summed E-state index contributed by atoms with van der Waals surface area (Å²) in [6.07, 6.45) is 1.77. The topological polar surface area (TPSA) is 102 Å². The highest BCUT2D eigenvalue weighted by Gasteiger charge is 2.44. The predicted octanol–water partition coefficient (Wildman–Crippen LogP) is 7.51. The van der Waals surface area contributed by atoms with E-state index in [1.165, 1.54) is 7.11 Å². The summed E-state index contributed by atoms with van der Waals surface area (Å²) < 4.78 is 40.9. The van der Waals surface area contributed by atoms with E-state index >= 15 is 0 Å². The number of rotatable bonds is 15. The Hall–Kier alpha value is -2.18. The van der Waals surface area contributed by atoms with E-state index in [0.717, 1.165) is 6.04 Å². The number of methoxy groups -OCH3 is 2. The van der Waals surface area contributed by atoms with E-state index in [1.807, 2.05) is 39.8 Å². The second kappa shape index (κ2) is 17.0. The molecule has 0 aliphatic carbocycles. The van der Waals surface area contributed by atoms with Crippen molar-refractivity contribution < 1.29 is 42.7 Å². The lowest BCUT2D eigenvalue weighted by Gasteiger charge is -2.39. The summed E-state index contributed by atoms with van der Waals surface area (Å²) in [4.78, 5) is 13.4. The molecule has 11 heteroatoms. The zero-order chi connectivity index (χ0) is 35.8. The molecule has 9 nitrogen and oxygen atoms in total. The van der Waals surface area contributed by atoms with Crippen LogP contribution in [0.4, 0.5) is 0 Å². The van der Waals surface area contributed by atoms with E-state index in [9.17, 15) is 9.90 Å². The van der Waals surface area contributed by atoms with E-state index in [-0.39, 0.29) is 29.4 Å². The van der Waals surface area contributed by atoms with Crippen LogP contribution in [0.2, 0.25) is 43.8 Å². The van der Waals surface area contributed by atoms with Gasteiger partial charge in [0.1, 0.15) is 29.3 Å². The van der Waals surface area contributed by atoms with Gasteiger partial charge in [-0.15, -0.1) is 0 Å². The molecule has 5 atom stereocenters. The van der Waals surface area contributed by atoms with Crippen LogP contribution in [0, 0.1) is 17.8 Å². The molecule has 1 fully saturated rings. The summed E-state index contributed by atoms with van der Waals surface area (Å²) in [6.45, 7) is 25.7. The Morgan fingerprint density at radius 2 is 1.74 bits per heavy atom. The fourth-order valence-corrected chi connectivity index (χ4v) is 6.84. The number of carbonyl (C=O) groups is 1. The first-order chi connectivity index (χ1) is 21.6. The van der Waals surface area contributed by atoms with Crippen molar-refractivity contribution >= 4 is 28.4 Å². The van der Waals surface area contributed by atoms with Crippen LogP contribution in [-0.2, 0) is 23.4 Å². The molecule has 2 rings (SSSR count). The number of hydrogen-bond donors (Lipinski definition) is 1. The van der Waals surface area contributed by atoms with Crippen LogP contribution >= 0.6 is 0 Å². The van der Waals surface area contributed by atoms with E-state index in [0.29, 0.717) is 30.1 Å². The van der Waals surface area contributed by atoms with Gasteiger partial charge in [0, 0.05) is 27.2 Å². The quantitative estimate of drug-likeness (QED) is 0.0866. The number of ether oxygens (including phenoxy) is 6. The maximum Gasteiger partial charge on any atom is 0.342 e. The zero-order valence-electron chi connectivity index (χ0n) is 31.2. The Balaban J connectivity index is 2.29. The summed E-state index contributed by atoms with van der Waals surface area (Å²) in [5.41, 5.74) is 0.845. The molecule has 1 aromatic rings. The molecule has 0 aromatic heterocycles. The number of carbonyl (C=O) groups excluding carboxylic acids is 1. The SMILES string of the molecule is COCOc1cc(OC)cc(/C=C/C[C@@H]2OC(C)(C)O[C@@H]2C(O)C#C[C@H](C)C(C)O[Si](C)(C)C(C)(C)C)c1C(=O)OCC[Si](C)(C)C. The first kappa shape index (κ1) is 41.0. The summed E-state index contributed by atoms with van der Waals surface area (Å²) >= 11 is 0. The van der Waals surface area contributed by atoms with Crippen LogP contribution in [0.25, 0.3) is 6.08 Å². The zero-order valence-corrected chi connectivity index (χ0v) is 33.2. The van der Waals surface area contributed by atoms with Crippen LogP contribution < -0.4 is 9.47 Å². The van der Waals surface area contributed by atoms with Crippen LogP contribution in [-0.4, -0.2) is 85.3 Å². The average molecular weight is 693 g/mol. The Labute approximate surface area is 285 Å². The molecule has 0 spiro atoms. The van der Waals surface area contributed by atoms with Gasteiger partial charge in [-0.2, -0.15) is 0 Å². The van der Waals surface area contributed by atoms with Crippen molar-refractivity contribution in [2.45, 2.75) is 129 Å². The largest absolute Gasteiger partial charge is 0.497 e. The highest BCUT2D eigenvalue weighted by Crippen LogP contribution is 2.38. The van der Waals surface area contributed by atoms with E-state index in [1.54, 1.807) is 19.2 Å². The lowest BCUT2D eigenvalue weighted by atomic mass is 10.0. The summed E-state index contributed by atoms with van der Waals surface area (Å²) in [7, 11) is -0.308. The molecule has 0 radical (unpaired) electrons. The Bertz CT molecular complexity index is 1270. The lowest BCUT2D eigenvalue weighted by molar-refractivity contribution is -0.151. The van der Waals surface area contributed by atoms with E-state index in [2.05, 4.69) is 65.3 Å². The molecule has 47 heavy (non-hydrogen) atoms.